The molecular weight excluding hydrogens is 534 g/mol. The number of fused-ring (bicyclic) bond motifs is 2. The van der Waals surface area contributed by atoms with E-state index in [-0.39, 0.29) is 5.91 Å². The molecule has 2 aliphatic heterocycles. The zero-order chi connectivity index (χ0) is 30.3. The largest absolute Gasteiger partial charge is 0.497 e. The molecule has 0 saturated heterocycles. The number of aliphatic carboxylic acids is 1. The highest BCUT2D eigenvalue weighted by atomic mass is 16.5. The molecule has 0 unspecified atom stereocenters. The monoisotopic (exact) mass is 573 g/mol. The number of carbonyl (C=O) groups is 2. The summed E-state index contributed by atoms with van der Waals surface area (Å²) in [5.74, 6) is 0.650. The number of aryl methyl sites for hydroxylation is 1. The second-order valence-electron chi connectivity index (χ2n) is 11.9. The van der Waals surface area contributed by atoms with E-state index < -0.39 is 17.7 Å². The molecule has 0 bridgehead atoms. The molecule has 3 aromatic rings. The fourth-order valence-electron chi connectivity index (χ4n) is 6.14. The Labute approximate surface area is 247 Å². The number of benzene rings is 3. The van der Waals surface area contributed by atoms with E-state index in [1.807, 2.05) is 45.9 Å². The number of rotatable bonds is 7. The van der Waals surface area contributed by atoms with Crippen molar-refractivity contribution in [3.63, 3.8) is 0 Å². The van der Waals surface area contributed by atoms with Gasteiger partial charge in [0.1, 0.15) is 17.2 Å². The Bertz CT molecular complexity index is 1550. The van der Waals surface area contributed by atoms with Crippen LogP contribution in [0.3, 0.4) is 0 Å². The van der Waals surface area contributed by atoms with Gasteiger partial charge in [-0.1, -0.05) is 6.07 Å². The first kappa shape index (κ1) is 29.5. The number of carboxylic acids is 1. The van der Waals surface area contributed by atoms with Crippen molar-refractivity contribution in [1.82, 2.24) is 0 Å². The Hall–Kier alpha value is -4.04. The average Bonchev–Trinajstić information content (AvgIpc) is 3.38. The van der Waals surface area contributed by atoms with Gasteiger partial charge in [0.25, 0.3) is 5.91 Å². The van der Waals surface area contributed by atoms with Gasteiger partial charge < -0.3 is 29.0 Å². The Morgan fingerprint density at radius 1 is 1.00 bits per heavy atom. The molecule has 2 heterocycles. The lowest BCUT2D eigenvalue weighted by molar-refractivity contribution is -0.160. The highest BCUT2D eigenvalue weighted by Gasteiger charge is 2.37. The summed E-state index contributed by atoms with van der Waals surface area (Å²) in [5, 5.41) is 10.5. The standard InChI is InChI=1S/C34H39NO7/c1-19-17-26-24(14-15-35(26)32(36)25-11-10-21(39-6)18-28(25)40-7)30(29(19)31(33(37)38)42-34(3,4)5)23-12-13-27-22(20(23)2)9-8-16-41-27/h10-13,17-18,31H,8-9,14-16H2,1-7H3,(H,37,38)/t31-/m0/s1. The molecule has 0 aliphatic carbocycles. The summed E-state index contributed by atoms with van der Waals surface area (Å²) in [4.78, 5) is 28.5. The predicted octanol–water partition coefficient (Wildman–Crippen LogP) is 6.46. The van der Waals surface area contributed by atoms with Crippen LogP contribution in [0.2, 0.25) is 0 Å². The highest BCUT2D eigenvalue weighted by Crippen LogP contribution is 2.47. The molecule has 8 heteroatoms. The molecule has 5 rings (SSSR count). The smallest absolute Gasteiger partial charge is 0.337 e. The Kier molecular flexibility index (Phi) is 7.94. The van der Waals surface area contributed by atoms with Gasteiger partial charge >= 0.3 is 5.97 Å². The van der Waals surface area contributed by atoms with Crippen LogP contribution in [0.1, 0.15) is 71.5 Å². The number of carboxylic acid groups (broad SMARTS) is 1. The lowest BCUT2D eigenvalue weighted by atomic mass is 9.83. The van der Waals surface area contributed by atoms with E-state index >= 15 is 0 Å². The quantitative estimate of drug-likeness (QED) is 0.347. The topological polar surface area (TPSA) is 94.5 Å². The average molecular weight is 574 g/mol. The van der Waals surface area contributed by atoms with Crippen LogP contribution < -0.4 is 19.1 Å². The zero-order valence-corrected chi connectivity index (χ0v) is 25.4. The third-order valence-corrected chi connectivity index (χ3v) is 8.03. The third kappa shape index (κ3) is 5.31. The second-order valence-corrected chi connectivity index (χ2v) is 11.9. The zero-order valence-electron chi connectivity index (χ0n) is 25.4. The fraction of sp³-hybridized carbons (Fsp3) is 0.412. The maximum absolute atomic E-state index is 14.0. The van der Waals surface area contributed by atoms with Crippen LogP contribution in [0.4, 0.5) is 5.69 Å². The molecule has 1 N–H and O–H groups in total. The van der Waals surface area contributed by atoms with Crippen molar-refractivity contribution >= 4 is 17.6 Å². The van der Waals surface area contributed by atoms with E-state index in [4.69, 9.17) is 18.9 Å². The number of hydrogen-bond donors (Lipinski definition) is 1. The van der Waals surface area contributed by atoms with Crippen molar-refractivity contribution in [1.29, 1.82) is 0 Å². The molecule has 2 aliphatic rings. The van der Waals surface area contributed by atoms with Crippen molar-refractivity contribution in [3.05, 3.63) is 69.8 Å². The number of methoxy groups -OCH3 is 2. The van der Waals surface area contributed by atoms with Gasteiger partial charge in [-0.15, -0.1) is 0 Å². The number of carbonyl (C=O) groups excluding carboxylic acids is 1. The van der Waals surface area contributed by atoms with Crippen molar-refractivity contribution in [2.75, 3.05) is 32.3 Å². The van der Waals surface area contributed by atoms with Crippen molar-refractivity contribution in [2.24, 2.45) is 0 Å². The Balaban J connectivity index is 1.73. The first-order chi connectivity index (χ1) is 19.9. The van der Waals surface area contributed by atoms with Gasteiger partial charge in [-0.3, -0.25) is 4.79 Å². The second kappa shape index (κ2) is 11.3. The third-order valence-electron chi connectivity index (χ3n) is 8.03. The fourth-order valence-corrected chi connectivity index (χ4v) is 6.14. The molecule has 0 saturated carbocycles. The summed E-state index contributed by atoms with van der Waals surface area (Å²) in [6.45, 7) is 10.7. The minimum absolute atomic E-state index is 0.192. The predicted molar refractivity (Wildman–Crippen MR) is 161 cm³/mol. The minimum Gasteiger partial charge on any atom is -0.497 e. The first-order valence-electron chi connectivity index (χ1n) is 14.3. The van der Waals surface area contributed by atoms with E-state index in [0.29, 0.717) is 42.2 Å². The molecule has 0 aromatic heterocycles. The van der Waals surface area contributed by atoms with E-state index in [1.54, 1.807) is 30.2 Å². The van der Waals surface area contributed by atoms with Crippen molar-refractivity contribution < 1.29 is 33.6 Å². The molecular formula is C34H39NO7. The molecule has 1 amide bonds. The summed E-state index contributed by atoms with van der Waals surface area (Å²) >= 11 is 0. The van der Waals surface area contributed by atoms with Gasteiger partial charge in [-0.2, -0.15) is 0 Å². The summed E-state index contributed by atoms with van der Waals surface area (Å²) in [5.41, 5.74) is 6.75. The summed E-state index contributed by atoms with van der Waals surface area (Å²) < 4.78 is 23.0. The van der Waals surface area contributed by atoms with Crippen LogP contribution in [-0.4, -0.2) is 50.0 Å². The molecule has 0 fully saturated rings. The number of hydrogen-bond acceptors (Lipinski definition) is 6. The number of amides is 1. The van der Waals surface area contributed by atoms with E-state index in [1.165, 1.54) is 7.11 Å². The molecule has 0 radical (unpaired) electrons. The summed E-state index contributed by atoms with van der Waals surface area (Å²) in [6, 6.07) is 11.1. The first-order valence-corrected chi connectivity index (χ1v) is 14.3. The lowest BCUT2D eigenvalue weighted by Crippen LogP contribution is -2.30. The molecule has 3 aromatic carbocycles. The van der Waals surface area contributed by atoms with Crippen LogP contribution >= 0.6 is 0 Å². The molecule has 222 valence electrons. The molecule has 42 heavy (non-hydrogen) atoms. The number of nitrogens with zero attached hydrogens (tertiary/aromatic N) is 1. The Morgan fingerprint density at radius 2 is 1.76 bits per heavy atom. The maximum Gasteiger partial charge on any atom is 0.337 e. The van der Waals surface area contributed by atoms with Gasteiger partial charge in [0.05, 0.1) is 32.0 Å². The van der Waals surface area contributed by atoms with Crippen LogP contribution in [0.15, 0.2) is 36.4 Å². The van der Waals surface area contributed by atoms with Crippen LogP contribution in [0.25, 0.3) is 11.1 Å². The molecule has 1 atom stereocenters. The van der Waals surface area contributed by atoms with Crippen molar-refractivity contribution in [2.45, 2.75) is 65.6 Å². The summed E-state index contributed by atoms with van der Waals surface area (Å²) in [7, 11) is 3.10. The van der Waals surface area contributed by atoms with Crippen LogP contribution in [0, 0.1) is 13.8 Å². The number of ether oxygens (including phenoxy) is 4. The van der Waals surface area contributed by atoms with Gasteiger partial charge in [0.2, 0.25) is 0 Å². The van der Waals surface area contributed by atoms with E-state index in [0.717, 1.165) is 57.7 Å². The number of anilines is 1. The van der Waals surface area contributed by atoms with E-state index in [2.05, 4.69) is 6.92 Å². The van der Waals surface area contributed by atoms with Crippen LogP contribution in [-0.2, 0) is 22.4 Å². The minimum atomic E-state index is -1.19. The lowest BCUT2D eigenvalue weighted by Gasteiger charge is -2.30. The van der Waals surface area contributed by atoms with Gasteiger partial charge in [0.15, 0.2) is 6.10 Å². The molecule has 0 spiro atoms. The normalized spacial score (nSPS) is 15.0. The SMILES string of the molecule is COc1ccc(C(=O)N2CCc3c2cc(C)c([C@H](OC(C)(C)C)C(=O)O)c3-c2ccc3c(c2C)CCCO3)c(OC)c1. The Morgan fingerprint density at radius 3 is 2.43 bits per heavy atom. The molecule has 8 nitrogen and oxygen atoms in total. The van der Waals surface area contributed by atoms with Gasteiger partial charge in [0, 0.05) is 23.9 Å². The maximum atomic E-state index is 14.0. The van der Waals surface area contributed by atoms with Crippen LogP contribution in [0.5, 0.6) is 17.2 Å². The van der Waals surface area contributed by atoms with Gasteiger partial charge in [-0.05, 0) is 112 Å². The summed E-state index contributed by atoms with van der Waals surface area (Å²) in [6.07, 6.45) is 1.19. The highest BCUT2D eigenvalue weighted by molar-refractivity contribution is 6.10. The van der Waals surface area contributed by atoms with Crippen molar-refractivity contribution in [3.8, 4) is 28.4 Å². The van der Waals surface area contributed by atoms with E-state index in [9.17, 15) is 14.7 Å². The van der Waals surface area contributed by atoms with Gasteiger partial charge in [-0.25, -0.2) is 4.79 Å².